The molecule has 0 amide bonds. The first-order chi connectivity index (χ1) is 8.56. The average Bonchev–Trinajstić information content (AvgIpc) is 3.18. The van der Waals surface area contributed by atoms with E-state index in [1.807, 2.05) is 12.1 Å². The lowest BCUT2D eigenvalue weighted by molar-refractivity contribution is 0.211. The van der Waals surface area contributed by atoms with Crippen molar-refractivity contribution in [3.8, 4) is 0 Å². The molecule has 0 radical (unpaired) electrons. The summed E-state index contributed by atoms with van der Waals surface area (Å²) in [6.07, 6.45) is 3.47. The van der Waals surface area contributed by atoms with E-state index in [0.717, 1.165) is 12.0 Å². The summed E-state index contributed by atoms with van der Waals surface area (Å²) in [6.45, 7) is 4.30. The van der Waals surface area contributed by atoms with Gasteiger partial charge in [-0.25, -0.2) is 4.39 Å². The Kier molecular flexibility index (Phi) is 4.29. The maximum absolute atomic E-state index is 14.1. The summed E-state index contributed by atoms with van der Waals surface area (Å²) in [7, 11) is 2.15. The fourth-order valence-corrected chi connectivity index (χ4v) is 2.91. The van der Waals surface area contributed by atoms with Crippen molar-refractivity contribution in [1.82, 2.24) is 4.90 Å². The molecule has 0 heterocycles. The molecule has 100 valence electrons. The Bertz CT molecular complexity index is 417. The van der Waals surface area contributed by atoms with E-state index in [4.69, 9.17) is 11.6 Å². The van der Waals surface area contributed by atoms with Crippen LogP contribution in [-0.2, 0) is 0 Å². The van der Waals surface area contributed by atoms with Crippen LogP contribution in [-0.4, -0.2) is 24.0 Å². The number of benzene rings is 1. The molecule has 0 aromatic heterocycles. The van der Waals surface area contributed by atoms with Gasteiger partial charge in [-0.1, -0.05) is 30.7 Å². The number of nitrogens with zero attached hydrogens (tertiary/aromatic N) is 1. The summed E-state index contributed by atoms with van der Waals surface area (Å²) in [5.41, 5.74) is 0.755. The molecule has 0 spiro atoms. The molecule has 2 rings (SSSR count). The second kappa shape index (κ2) is 5.58. The van der Waals surface area contributed by atoms with Crippen LogP contribution in [0.5, 0.6) is 0 Å². The number of rotatable bonds is 5. The number of likely N-dealkylation sites (N-methyl/N-ethyl adjacent to an activating group) is 1. The van der Waals surface area contributed by atoms with Crippen LogP contribution in [0.25, 0.3) is 0 Å². The standard InChI is InChI=1S/C15H21ClFN/c1-4-12(10(2)18(3)11-8-9-11)13-6-5-7-14(16)15(13)17/h5-7,10-12H,4,8-9H2,1-3H3. The number of hydrogen-bond acceptors (Lipinski definition) is 1. The van der Waals surface area contributed by atoms with Crippen molar-refractivity contribution >= 4 is 11.6 Å². The Balaban J connectivity index is 2.23. The van der Waals surface area contributed by atoms with E-state index in [9.17, 15) is 4.39 Å². The lowest BCUT2D eigenvalue weighted by Gasteiger charge is -2.32. The van der Waals surface area contributed by atoms with Gasteiger partial charge in [0.15, 0.2) is 0 Å². The first-order valence-electron chi connectivity index (χ1n) is 6.72. The Morgan fingerprint density at radius 2 is 2.11 bits per heavy atom. The molecule has 0 bridgehead atoms. The summed E-state index contributed by atoms with van der Waals surface area (Å²) in [6, 6.07) is 6.36. The molecule has 2 unspecified atom stereocenters. The van der Waals surface area contributed by atoms with Crippen LogP contribution in [0.15, 0.2) is 18.2 Å². The molecule has 0 N–H and O–H groups in total. The van der Waals surface area contributed by atoms with Crippen LogP contribution < -0.4 is 0 Å². The van der Waals surface area contributed by atoms with Crippen LogP contribution in [0.3, 0.4) is 0 Å². The zero-order valence-electron chi connectivity index (χ0n) is 11.3. The van der Waals surface area contributed by atoms with Crippen molar-refractivity contribution in [1.29, 1.82) is 0 Å². The molecule has 1 saturated carbocycles. The summed E-state index contributed by atoms with van der Waals surface area (Å²) in [4.78, 5) is 2.38. The number of halogens is 2. The Morgan fingerprint density at radius 1 is 1.44 bits per heavy atom. The minimum atomic E-state index is -0.248. The lowest BCUT2D eigenvalue weighted by atomic mass is 9.89. The van der Waals surface area contributed by atoms with E-state index in [1.54, 1.807) is 6.07 Å². The second-order valence-electron chi connectivity index (χ2n) is 5.30. The van der Waals surface area contributed by atoms with Crippen LogP contribution in [0.1, 0.15) is 44.6 Å². The zero-order valence-corrected chi connectivity index (χ0v) is 12.0. The molecule has 1 nitrogen and oxygen atoms in total. The van der Waals surface area contributed by atoms with E-state index in [1.165, 1.54) is 12.8 Å². The minimum Gasteiger partial charge on any atom is -0.300 e. The molecule has 1 aromatic rings. The first kappa shape index (κ1) is 13.8. The third kappa shape index (κ3) is 2.70. The van der Waals surface area contributed by atoms with Gasteiger partial charge in [0, 0.05) is 18.0 Å². The van der Waals surface area contributed by atoms with Gasteiger partial charge >= 0.3 is 0 Å². The van der Waals surface area contributed by atoms with Crippen LogP contribution in [0.4, 0.5) is 4.39 Å². The molecule has 18 heavy (non-hydrogen) atoms. The normalized spacial score (nSPS) is 19.0. The minimum absolute atomic E-state index is 0.203. The van der Waals surface area contributed by atoms with Crippen molar-refractivity contribution < 1.29 is 4.39 Å². The van der Waals surface area contributed by atoms with Gasteiger partial charge in [-0.15, -0.1) is 0 Å². The highest BCUT2D eigenvalue weighted by Gasteiger charge is 2.33. The summed E-state index contributed by atoms with van der Waals surface area (Å²) < 4.78 is 14.1. The van der Waals surface area contributed by atoms with Crippen LogP contribution in [0, 0.1) is 5.82 Å². The molecular formula is C15H21ClFN. The number of hydrogen-bond donors (Lipinski definition) is 0. The van der Waals surface area contributed by atoms with Gasteiger partial charge in [0.2, 0.25) is 0 Å². The monoisotopic (exact) mass is 269 g/mol. The topological polar surface area (TPSA) is 3.24 Å². The molecule has 0 saturated heterocycles. The first-order valence-corrected chi connectivity index (χ1v) is 7.09. The lowest BCUT2D eigenvalue weighted by Crippen LogP contribution is -2.36. The molecule has 1 aromatic carbocycles. The maximum atomic E-state index is 14.1. The van der Waals surface area contributed by atoms with E-state index in [0.29, 0.717) is 12.1 Å². The predicted octanol–water partition coefficient (Wildman–Crippen LogP) is 4.46. The Hall–Kier alpha value is -0.600. The van der Waals surface area contributed by atoms with E-state index in [2.05, 4.69) is 25.8 Å². The van der Waals surface area contributed by atoms with Crippen molar-refractivity contribution in [3.63, 3.8) is 0 Å². The van der Waals surface area contributed by atoms with Crippen molar-refractivity contribution in [3.05, 3.63) is 34.6 Å². The van der Waals surface area contributed by atoms with Crippen molar-refractivity contribution in [2.75, 3.05) is 7.05 Å². The second-order valence-corrected chi connectivity index (χ2v) is 5.70. The van der Waals surface area contributed by atoms with Gasteiger partial charge in [0.25, 0.3) is 0 Å². The molecule has 3 heteroatoms. The molecular weight excluding hydrogens is 249 g/mol. The van der Waals surface area contributed by atoms with Crippen LogP contribution >= 0.6 is 11.6 Å². The smallest absolute Gasteiger partial charge is 0.145 e. The summed E-state index contributed by atoms with van der Waals surface area (Å²) in [5, 5.41) is 0.229. The van der Waals surface area contributed by atoms with Gasteiger partial charge in [-0.3, -0.25) is 0 Å². The molecule has 1 fully saturated rings. The van der Waals surface area contributed by atoms with E-state index >= 15 is 0 Å². The fraction of sp³-hybridized carbons (Fsp3) is 0.600. The summed E-state index contributed by atoms with van der Waals surface area (Å²) in [5.74, 6) is -0.0450. The maximum Gasteiger partial charge on any atom is 0.145 e. The van der Waals surface area contributed by atoms with Crippen molar-refractivity contribution in [2.24, 2.45) is 0 Å². The average molecular weight is 270 g/mol. The Morgan fingerprint density at radius 3 is 2.67 bits per heavy atom. The largest absolute Gasteiger partial charge is 0.300 e. The highest BCUT2D eigenvalue weighted by atomic mass is 35.5. The SMILES string of the molecule is CCC(c1cccc(Cl)c1F)C(C)N(C)C1CC1. The molecule has 1 aliphatic carbocycles. The van der Waals surface area contributed by atoms with Gasteiger partial charge in [-0.05, 0) is 44.9 Å². The quantitative estimate of drug-likeness (QED) is 0.763. The zero-order chi connectivity index (χ0) is 13.3. The van der Waals surface area contributed by atoms with Gasteiger partial charge in [-0.2, -0.15) is 0 Å². The van der Waals surface area contributed by atoms with Gasteiger partial charge < -0.3 is 4.90 Å². The van der Waals surface area contributed by atoms with Crippen molar-refractivity contribution in [2.45, 2.75) is 51.1 Å². The van der Waals surface area contributed by atoms with Gasteiger partial charge in [0.05, 0.1) is 5.02 Å². The van der Waals surface area contributed by atoms with Crippen LogP contribution in [0.2, 0.25) is 5.02 Å². The van der Waals surface area contributed by atoms with E-state index in [-0.39, 0.29) is 16.8 Å². The third-order valence-electron chi connectivity index (χ3n) is 4.17. The molecule has 1 aliphatic rings. The Labute approximate surface area is 114 Å². The van der Waals surface area contributed by atoms with E-state index < -0.39 is 0 Å². The summed E-state index contributed by atoms with van der Waals surface area (Å²) >= 11 is 5.89. The molecule has 0 aliphatic heterocycles. The highest BCUT2D eigenvalue weighted by molar-refractivity contribution is 6.30. The molecule has 2 atom stereocenters. The fourth-order valence-electron chi connectivity index (χ4n) is 2.73. The van der Waals surface area contributed by atoms with Gasteiger partial charge in [0.1, 0.15) is 5.82 Å². The predicted molar refractivity (Wildman–Crippen MR) is 74.7 cm³/mol. The highest BCUT2D eigenvalue weighted by Crippen LogP contribution is 2.35. The third-order valence-corrected chi connectivity index (χ3v) is 4.46.